The van der Waals surface area contributed by atoms with Crippen LogP contribution in [0.4, 0.5) is 5.69 Å². The number of fused-ring (bicyclic) bond motifs is 1. The van der Waals surface area contributed by atoms with Gasteiger partial charge in [0.2, 0.25) is 0 Å². The van der Waals surface area contributed by atoms with Crippen molar-refractivity contribution in [1.29, 1.82) is 5.26 Å². The van der Waals surface area contributed by atoms with Crippen molar-refractivity contribution in [1.82, 2.24) is 4.90 Å². The Balaban J connectivity index is 1.98. The Bertz CT molecular complexity index is 642. The van der Waals surface area contributed by atoms with E-state index in [1.807, 2.05) is 30.3 Å². The molecule has 1 saturated heterocycles. The molecule has 0 radical (unpaired) electrons. The van der Waals surface area contributed by atoms with Crippen LogP contribution in [0.3, 0.4) is 0 Å². The Kier molecular flexibility index (Phi) is 3.10. The monoisotopic (exact) mass is 251 g/mol. The predicted octanol–water partition coefficient (Wildman–Crippen LogP) is 2.83. The second kappa shape index (κ2) is 4.91. The van der Waals surface area contributed by atoms with Crippen LogP contribution in [0.15, 0.2) is 36.4 Å². The Morgan fingerprint density at radius 1 is 1.21 bits per heavy atom. The SMILES string of the molecule is CN1CCC(Nc2ccc(C#N)c3ccccc23)C1. The van der Waals surface area contributed by atoms with E-state index in [0.29, 0.717) is 6.04 Å². The van der Waals surface area contributed by atoms with Crippen LogP contribution < -0.4 is 5.32 Å². The lowest BCUT2D eigenvalue weighted by atomic mass is 10.0. The highest BCUT2D eigenvalue weighted by Crippen LogP contribution is 2.27. The first-order chi connectivity index (χ1) is 9.28. The molecule has 3 heteroatoms. The first-order valence-corrected chi connectivity index (χ1v) is 6.65. The minimum absolute atomic E-state index is 0.501. The minimum atomic E-state index is 0.501. The van der Waals surface area contributed by atoms with Gasteiger partial charge < -0.3 is 10.2 Å². The molecule has 1 N–H and O–H groups in total. The summed E-state index contributed by atoms with van der Waals surface area (Å²) in [5, 5.41) is 14.9. The molecule has 1 atom stereocenters. The molecule has 1 heterocycles. The third-order valence-corrected chi connectivity index (χ3v) is 3.80. The first-order valence-electron chi connectivity index (χ1n) is 6.65. The van der Waals surface area contributed by atoms with Crippen LogP contribution in [0.25, 0.3) is 10.8 Å². The molecule has 19 heavy (non-hydrogen) atoms. The summed E-state index contributed by atoms with van der Waals surface area (Å²) < 4.78 is 0. The van der Waals surface area contributed by atoms with Gasteiger partial charge in [0.1, 0.15) is 0 Å². The van der Waals surface area contributed by atoms with Gasteiger partial charge in [-0.3, -0.25) is 0 Å². The smallest absolute Gasteiger partial charge is 0.0998 e. The van der Waals surface area contributed by atoms with E-state index in [1.165, 1.54) is 6.42 Å². The Labute approximate surface area is 113 Å². The fourth-order valence-corrected chi connectivity index (χ4v) is 2.80. The molecule has 2 aromatic rings. The van der Waals surface area contributed by atoms with Crippen molar-refractivity contribution in [2.45, 2.75) is 12.5 Å². The zero-order valence-electron chi connectivity index (χ0n) is 11.1. The summed E-state index contributed by atoms with van der Waals surface area (Å²) in [6.45, 7) is 2.22. The molecule has 0 aromatic heterocycles. The summed E-state index contributed by atoms with van der Waals surface area (Å²) in [4.78, 5) is 2.34. The summed E-state index contributed by atoms with van der Waals surface area (Å²) in [5.41, 5.74) is 1.87. The maximum Gasteiger partial charge on any atom is 0.0998 e. The summed E-state index contributed by atoms with van der Waals surface area (Å²) >= 11 is 0. The number of likely N-dealkylation sites (tertiary alicyclic amines) is 1. The molecular weight excluding hydrogens is 234 g/mol. The van der Waals surface area contributed by atoms with Crippen molar-refractivity contribution in [3.8, 4) is 6.07 Å². The van der Waals surface area contributed by atoms with E-state index in [-0.39, 0.29) is 0 Å². The number of nitrogens with one attached hydrogen (secondary N) is 1. The Morgan fingerprint density at radius 2 is 2.00 bits per heavy atom. The van der Waals surface area contributed by atoms with Crippen molar-refractivity contribution in [3.63, 3.8) is 0 Å². The second-order valence-corrected chi connectivity index (χ2v) is 5.21. The Hall–Kier alpha value is -2.05. The second-order valence-electron chi connectivity index (χ2n) is 5.21. The van der Waals surface area contributed by atoms with Gasteiger partial charge in [-0.2, -0.15) is 5.26 Å². The first kappa shape index (κ1) is 12.0. The lowest BCUT2D eigenvalue weighted by molar-refractivity contribution is 0.414. The van der Waals surface area contributed by atoms with Crippen LogP contribution >= 0.6 is 0 Å². The van der Waals surface area contributed by atoms with Gasteiger partial charge in [0.25, 0.3) is 0 Å². The molecule has 0 aliphatic carbocycles. The molecular formula is C16H17N3. The summed E-state index contributed by atoms with van der Waals surface area (Å²) in [6, 6.07) is 14.8. The van der Waals surface area contributed by atoms with Crippen LogP contribution in [-0.4, -0.2) is 31.1 Å². The lowest BCUT2D eigenvalue weighted by Gasteiger charge is -2.16. The number of likely N-dealkylation sites (N-methyl/N-ethyl adjacent to an activating group) is 1. The number of nitriles is 1. The molecule has 0 saturated carbocycles. The number of nitrogens with zero attached hydrogens (tertiary/aromatic N) is 2. The maximum atomic E-state index is 9.17. The van der Waals surface area contributed by atoms with E-state index in [1.54, 1.807) is 0 Å². The molecule has 3 nitrogen and oxygen atoms in total. The van der Waals surface area contributed by atoms with Gasteiger partial charge in [0.15, 0.2) is 0 Å². The van der Waals surface area contributed by atoms with Crippen LogP contribution in [0.1, 0.15) is 12.0 Å². The lowest BCUT2D eigenvalue weighted by Crippen LogP contribution is -2.23. The normalized spacial score (nSPS) is 19.5. The zero-order valence-corrected chi connectivity index (χ0v) is 11.1. The summed E-state index contributed by atoms with van der Waals surface area (Å²) in [7, 11) is 2.15. The van der Waals surface area contributed by atoms with Crippen LogP contribution in [0.2, 0.25) is 0 Å². The van der Waals surface area contributed by atoms with E-state index < -0.39 is 0 Å². The largest absolute Gasteiger partial charge is 0.380 e. The topological polar surface area (TPSA) is 39.1 Å². The van der Waals surface area contributed by atoms with Crippen LogP contribution in [-0.2, 0) is 0 Å². The third-order valence-electron chi connectivity index (χ3n) is 3.80. The third kappa shape index (κ3) is 2.27. The van der Waals surface area contributed by atoms with E-state index in [4.69, 9.17) is 5.26 Å². The van der Waals surface area contributed by atoms with Gasteiger partial charge in [-0.15, -0.1) is 0 Å². The fraction of sp³-hybridized carbons (Fsp3) is 0.312. The number of hydrogen-bond acceptors (Lipinski definition) is 3. The summed E-state index contributed by atoms with van der Waals surface area (Å²) in [5.74, 6) is 0. The van der Waals surface area contributed by atoms with Crippen molar-refractivity contribution in [2.24, 2.45) is 0 Å². The van der Waals surface area contributed by atoms with E-state index >= 15 is 0 Å². The van der Waals surface area contributed by atoms with Crippen molar-refractivity contribution in [2.75, 3.05) is 25.5 Å². The number of benzene rings is 2. The van der Waals surface area contributed by atoms with Crippen molar-refractivity contribution in [3.05, 3.63) is 42.0 Å². The maximum absolute atomic E-state index is 9.17. The van der Waals surface area contributed by atoms with Crippen LogP contribution in [0, 0.1) is 11.3 Å². The number of anilines is 1. The molecule has 0 bridgehead atoms. The highest BCUT2D eigenvalue weighted by atomic mass is 15.2. The molecule has 3 rings (SSSR count). The highest BCUT2D eigenvalue weighted by Gasteiger charge is 2.19. The standard InChI is InChI=1S/C16H17N3/c1-19-9-8-13(11-19)18-16-7-6-12(10-17)14-4-2-3-5-15(14)16/h2-7,13,18H,8-9,11H2,1H3. The van der Waals surface area contributed by atoms with Gasteiger partial charge in [0.05, 0.1) is 11.6 Å². The summed E-state index contributed by atoms with van der Waals surface area (Å²) in [6.07, 6.45) is 1.17. The molecule has 96 valence electrons. The fourth-order valence-electron chi connectivity index (χ4n) is 2.80. The molecule has 1 unspecified atom stereocenters. The average Bonchev–Trinajstić information content (AvgIpc) is 2.85. The van der Waals surface area contributed by atoms with E-state index in [2.05, 4.69) is 29.4 Å². The van der Waals surface area contributed by atoms with Crippen LogP contribution in [0.5, 0.6) is 0 Å². The number of hydrogen-bond donors (Lipinski definition) is 1. The van der Waals surface area contributed by atoms with E-state index in [9.17, 15) is 0 Å². The van der Waals surface area contributed by atoms with Crippen molar-refractivity contribution >= 4 is 16.5 Å². The molecule has 1 aliphatic rings. The predicted molar refractivity (Wildman–Crippen MR) is 78.2 cm³/mol. The van der Waals surface area contributed by atoms with Crippen molar-refractivity contribution < 1.29 is 0 Å². The van der Waals surface area contributed by atoms with Gasteiger partial charge >= 0.3 is 0 Å². The average molecular weight is 251 g/mol. The highest BCUT2D eigenvalue weighted by molar-refractivity contribution is 5.97. The minimum Gasteiger partial charge on any atom is -0.380 e. The van der Waals surface area contributed by atoms with Gasteiger partial charge in [-0.05, 0) is 32.1 Å². The molecule has 1 aliphatic heterocycles. The molecule has 0 amide bonds. The molecule has 2 aromatic carbocycles. The Morgan fingerprint density at radius 3 is 2.68 bits per heavy atom. The zero-order chi connectivity index (χ0) is 13.2. The quantitative estimate of drug-likeness (QED) is 0.892. The molecule has 1 fully saturated rings. The van der Waals surface area contributed by atoms with Gasteiger partial charge in [-0.1, -0.05) is 24.3 Å². The van der Waals surface area contributed by atoms with E-state index in [0.717, 1.165) is 35.1 Å². The van der Waals surface area contributed by atoms with Gasteiger partial charge in [0, 0.05) is 29.0 Å². The number of rotatable bonds is 2. The molecule has 0 spiro atoms. The van der Waals surface area contributed by atoms with Gasteiger partial charge in [-0.25, -0.2) is 0 Å².